The van der Waals surface area contributed by atoms with E-state index in [1.165, 1.54) is 0 Å². The van der Waals surface area contributed by atoms with Gasteiger partial charge in [-0.3, -0.25) is 0 Å². The van der Waals surface area contributed by atoms with E-state index in [2.05, 4.69) is 11.1 Å². The van der Waals surface area contributed by atoms with Crippen molar-refractivity contribution in [3.63, 3.8) is 0 Å². The first-order valence-electron chi connectivity index (χ1n) is 3.94. The maximum atomic E-state index is 8.50. The maximum absolute atomic E-state index is 8.50. The van der Waals surface area contributed by atoms with Gasteiger partial charge < -0.3 is 4.98 Å². The predicted molar refractivity (Wildman–Crippen MR) is 52.6 cm³/mol. The minimum atomic E-state index is 0.409. The van der Waals surface area contributed by atoms with Crippen molar-refractivity contribution < 1.29 is 0 Å². The summed E-state index contributed by atoms with van der Waals surface area (Å²) in [5.41, 5.74) is 1.95. The summed E-state index contributed by atoms with van der Waals surface area (Å²) in [6.45, 7) is 0. The smallest absolute Gasteiger partial charge is 0.0752 e. The lowest BCUT2D eigenvalue weighted by atomic mass is 10.2. The zero-order valence-corrected chi connectivity index (χ0v) is 7.60. The third-order valence-electron chi connectivity index (χ3n) is 1.91. The molecule has 0 amide bonds. The molecular weight excluding hydrogens is 184 g/mol. The number of hydrogen-bond donors (Lipinski definition) is 1. The quantitative estimate of drug-likeness (QED) is 0.738. The van der Waals surface area contributed by atoms with Crippen molar-refractivity contribution in [3.8, 4) is 6.07 Å². The topological polar surface area (TPSA) is 39.6 Å². The number of aromatic amines is 1. The van der Waals surface area contributed by atoms with Gasteiger partial charge in [0.05, 0.1) is 12.5 Å². The summed E-state index contributed by atoms with van der Waals surface area (Å²) in [6, 6.07) is 9.67. The van der Waals surface area contributed by atoms with Crippen LogP contribution in [-0.4, -0.2) is 4.98 Å². The highest BCUT2D eigenvalue weighted by molar-refractivity contribution is 6.31. The Balaban J connectivity index is 2.57. The van der Waals surface area contributed by atoms with Gasteiger partial charge in [0, 0.05) is 21.6 Å². The van der Waals surface area contributed by atoms with Crippen LogP contribution in [0.5, 0.6) is 0 Å². The normalized spacial score (nSPS) is 10.2. The molecule has 64 valence electrons. The van der Waals surface area contributed by atoms with E-state index in [0.29, 0.717) is 6.42 Å². The minimum Gasteiger partial charge on any atom is -0.358 e. The van der Waals surface area contributed by atoms with E-state index < -0.39 is 0 Å². The largest absolute Gasteiger partial charge is 0.358 e. The summed E-state index contributed by atoms with van der Waals surface area (Å²) in [7, 11) is 0. The van der Waals surface area contributed by atoms with Gasteiger partial charge in [0.15, 0.2) is 0 Å². The number of nitriles is 1. The number of aromatic nitrogens is 1. The molecule has 1 aromatic heterocycles. The average Bonchev–Trinajstić information content (AvgIpc) is 2.46. The van der Waals surface area contributed by atoms with E-state index in [1.807, 2.05) is 24.3 Å². The lowest BCUT2D eigenvalue weighted by Gasteiger charge is -1.88. The summed E-state index contributed by atoms with van der Waals surface area (Å²) in [5.74, 6) is 0. The molecule has 1 N–H and O–H groups in total. The summed E-state index contributed by atoms with van der Waals surface area (Å²) < 4.78 is 0. The second kappa shape index (κ2) is 3.12. The first kappa shape index (κ1) is 8.15. The van der Waals surface area contributed by atoms with Crippen molar-refractivity contribution in [1.82, 2.24) is 4.98 Å². The fourth-order valence-corrected chi connectivity index (χ4v) is 1.52. The number of fused-ring (bicyclic) bond motifs is 1. The van der Waals surface area contributed by atoms with Crippen molar-refractivity contribution in [2.75, 3.05) is 0 Å². The summed E-state index contributed by atoms with van der Waals surface area (Å²) in [5, 5.41) is 10.3. The number of benzene rings is 1. The van der Waals surface area contributed by atoms with Crippen molar-refractivity contribution in [2.24, 2.45) is 0 Å². The fourth-order valence-electron chi connectivity index (χ4n) is 1.34. The molecule has 0 spiro atoms. The van der Waals surface area contributed by atoms with Crippen LogP contribution < -0.4 is 0 Å². The summed E-state index contributed by atoms with van der Waals surface area (Å²) >= 11 is 5.83. The van der Waals surface area contributed by atoms with E-state index >= 15 is 0 Å². The van der Waals surface area contributed by atoms with Crippen LogP contribution in [0, 0.1) is 11.3 Å². The van der Waals surface area contributed by atoms with Crippen molar-refractivity contribution in [1.29, 1.82) is 5.26 Å². The molecule has 0 atom stereocenters. The Hall–Kier alpha value is -1.46. The molecule has 0 aliphatic rings. The first-order chi connectivity index (χ1) is 6.29. The molecule has 0 aliphatic heterocycles. The predicted octanol–water partition coefficient (Wildman–Crippen LogP) is 2.89. The van der Waals surface area contributed by atoms with Gasteiger partial charge in [-0.2, -0.15) is 5.26 Å². The molecule has 0 radical (unpaired) electrons. The summed E-state index contributed by atoms with van der Waals surface area (Å²) in [6.07, 6.45) is 0.409. The van der Waals surface area contributed by atoms with Crippen molar-refractivity contribution in [2.45, 2.75) is 6.42 Å². The molecule has 0 saturated carbocycles. The third-order valence-corrected chi connectivity index (χ3v) is 2.14. The van der Waals surface area contributed by atoms with Crippen LogP contribution in [0.2, 0.25) is 5.02 Å². The molecular formula is C10H7ClN2. The van der Waals surface area contributed by atoms with Gasteiger partial charge in [-0.25, -0.2) is 0 Å². The Morgan fingerprint density at radius 3 is 3.00 bits per heavy atom. The molecule has 1 aromatic carbocycles. The molecule has 13 heavy (non-hydrogen) atoms. The van der Waals surface area contributed by atoms with Crippen LogP contribution in [0.4, 0.5) is 0 Å². The highest BCUT2D eigenvalue weighted by Crippen LogP contribution is 2.19. The number of hydrogen-bond acceptors (Lipinski definition) is 1. The zero-order chi connectivity index (χ0) is 9.26. The van der Waals surface area contributed by atoms with Gasteiger partial charge in [0.1, 0.15) is 0 Å². The van der Waals surface area contributed by atoms with Crippen LogP contribution in [0.15, 0.2) is 24.3 Å². The van der Waals surface area contributed by atoms with Crippen LogP contribution in [0.1, 0.15) is 5.69 Å². The van der Waals surface area contributed by atoms with E-state index in [0.717, 1.165) is 21.6 Å². The minimum absolute atomic E-state index is 0.409. The lowest BCUT2D eigenvalue weighted by Crippen LogP contribution is -1.77. The van der Waals surface area contributed by atoms with E-state index in [-0.39, 0.29) is 0 Å². The molecule has 2 rings (SSSR count). The molecule has 2 aromatic rings. The van der Waals surface area contributed by atoms with Crippen LogP contribution in [-0.2, 0) is 6.42 Å². The number of nitrogens with zero attached hydrogens (tertiary/aromatic N) is 1. The maximum Gasteiger partial charge on any atom is 0.0752 e. The number of rotatable bonds is 1. The molecule has 0 saturated heterocycles. The molecule has 0 aliphatic carbocycles. The van der Waals surface area contributed by atoms with E-state index in [9.17, 15) is 0 Å². The first-order valence-corrected chi connectivity index (χ1v) is 4.31. The number of H-pyrrole nitrogens is 1. The Labute approximate surface area is 80.7 Å². The molecule has 0 bridgehead atoms. The van der Waals surface area contributed by atoms with Crippen LogP contribution >= 0.6 is 11.6 Å². The van der Waals surface area contributed by atoms with E-state index in [1.54, 1.807) is 0 Å². The third kappa shape index (κ3) is 1.51. The van der Waals surface area contributed by atoms with E-state index in [4.69, 9.17) is 16.9 Å². The SMILES string of the molecule is N#CCc1cc2cc(Cl)ccc2[nH]1. The van der Waals surface area contributed by atoms with Gasteiger partial charge in [0.2, 0.25) is 0 Å². The molecule has 3 heteroatoms. The van der Waals surface area contributed by atoms with Crippen molar-refractivity contribution in [3.05, 3.63) is 35.0 Å². The molecule has 2 nitrogen and oxygen atoms in total. The van der Waals surface area contributed by atoms with Crippen molar-refractivity contribution >= 4 is 22.5 Å². The van der Waals surface area contributed by atoms with Gasteiger partial charge in [-0.05, 0) is 24.3 Å². The van der Waals surface area contributed by atoms with Crippen LogP contribution in [0.3, 0.4) is 0 Å². The fraction of sp³-hybridized carbons (Fsp3) is 0.100. The standard InChI is InChI=1S/C10H7ClN2/c11-8-1-2-10-7(5-8)6-9(13-10)3-4-12/h1-2,5-6,13H,3H2. The second-order valence-corrected chi connectivity index (χ2v) is 3.30. The average molecular weight is 191 g/mol. The molecule has 0 fully saturated rings. The van der Waals surface area contributed by atoms with Gasteiger partial charge in [0.25, 0.3) is 0 Å². The monoisotopic (exact) mass is 190 g/mol. The molecule has 0 unspecified atom stereocenters. The number of nitrogens with one attached hydrogen (secondary N) is 1. The molecule has 1 heterocycles. The Bertz CT molecular complexity index is 479. The highest BCUT2D eigenvalue weighted by atomic mass is 35.5. The van der Waals surface area contributed by atoms with Gasteiger partial charge >= 0.3 is 0 Å². The van der Waals surface area contributed by atoms with Gasteiger partial charge in [-0.1, -0.05) is 11.6 Å². The number of halogens is 1. The second-order valence-electron chi connectivity index (χ2n) is 2.86. The van der Waals surface area contributed by atoms with Crippen LogP contribution in [0.25, 0.3) is 10.9 Å². The van der Waals surface area contributed by atoms with Gasteiger partial charge in [-0.15, -0.1) is 0 Å². The Kier molecular flexibility index (Phi) is 1.96. The lowest BCUT2D eigenvalue weighted by molar-refractivity contribution is 1.17. The Morgan fingerprint density at radius 2 is 2.23 bits per heavy atom. The Morgan fingerprint density at radius 1 is 1.38 bits per heavy atom. The highest BCUT2D eigenvalue weighted by Gasteiger charge is 1.99. The summed E-state index contributed by atoms with van der Waals surface area (Å²) in [4.78, 5) is 3.14. The zero-order valence-electron chi connectivity index (χ0n) is 6.84.